The van der Waals surface area contributed by atoms with Gasteiger partial charge < -0.3 is 268 Å². The zero-order valence-electron chi connectivity index (χ0n) is 79.6. The average Bonchev–Trinajstić information content (AvgIpc) is 0.759. The van der Waals surface area contributed by atoms with Gasteiger partial charge in [0.1, 0.15) is 263 Å². The highest BCUT2D eigenvalue weighted by atomic mass is 31.2. The zero-order valence-corrected chi connectivity index (χ0v) is 80.5. The lowest BCUT2D eigenvalue weighted by atomic mass is 9.93. The van der Waals surface area contributed by atoms with Crippen molar-refractivity contribution in [2.75, 3.05) is 87.1 Å². The summed E-state index contributed by atoms with van der Waals surface area (Å²) in [6, 6.07) is -10.0. The quantitative estimate of drug-likeness (QED) is 0.0201. The van der Waals surface area contributed by atoms with Crippen LogP contribution in [-0.2, 0) is 137 Å². The molecule has 0 radical (unpaired) electrons. The summed E-state index contributed by atoms with van der Waals surface area (Å²) in [5, 5.41) is 310. The van der Waals surface area contributed by atoms with E-state index in [9.17, 15) is 166 Å². The lowest BCUT2D eigenvalue weighted by Crippen LogP contribution is -2.72. The molecule has 834 valence electrons. The van der Waals surface area contributed by atoms with E-state index in [1.54, 1.807) is 21.1 Å². The molecule has 11 saturated heterocycles. The molecule has 11 aliphatic heterocycles. The monoisotopic (exact) mass is 2120 g/mol. The average molecular weight is 2120 g/mol. The maximum Gasteiger partial charge on any atom is 0.472 e. The second kappa shape index (κ2) is 51.5. The van der Waals surface area contributed by atoms with Gasteiger partial charge in [-0.25, -0.2) is 4.57 Å². The van der Waals surface area contributed by atoms with E-state index in [0.717, 1.165) is 34.6 Å². The Labute approximate surface area is 820 Å². The molecule has 11 fully saturated rings. The van der Waals surface area contributed by atoms with Gasteiger partial charge in [-0.15, -0.1) is 0 Å². The zero-order chi connectivity index (χ0) is 107. The maximum atomic E-state index is 14.1. The van der Waals surface area contributed by atoms with Crippen molar-refractivity contribution in [2.24, 2.45) is 0 Å². The largest absolute Gasteiger partial charge is 0.472 e. The van der Waals surface area contributed by atoms with Crippen molar-refractivity contribution in [3.8, 4) is 0 Å². The van der Waals surface area contributed by atoms with Gasteiger partial charge in [-0.3, -0.25) is 33.0 Å². The Morgan fingerprint density at radius 1 is 0.264 bits per heavy atom. The van der Waals surface area contributed by atoms with Crippen LogP contribution in [-0.4, -0.2) is 596 Å². The van der Waals surface area contributed by atoms with E-state index in [1.807, 2.05) is 0 Å². The van der Waals surface area contributed by atoms with Crippen LogP contribution in [0.1, 0.15) is 55.4 Å². The van der Waals surface area contributed by atoms with E-state index < -0.39 is 434 Å². The van der Waals surface area contributed by atoms with Gasteiger partial charge in [0.05, 0.1) is 92.3 Å². The van der Waals surface area contributed by atoms with Gasteiger partial charge >= 0.3 is 7.82 Å². The highest BCUT2D eigenvalue weighted by molar-refractivity contribution is 7.47. The number of amides is 5. The molecule has 0 aromatic rings. The van der Waals surface area contributed by atoms with Gasteiger partial charge in [0.15, 0.2) is 69.2 Å². The van der Waals surface area contributed by atoms with Gasteiger partial charge in [-0.2, -0.15) is 0 Å². The number of quaternary nitrogens is 1. The van der Waals surface area contributed by atoms with Crippen molar-refractivity contribution in [3.05, 3.63) is 0 Å². The molecule has 0 aromatic carbocycles. The van der Waals surface area contributed by atoms with Crippen LogP contribution in [0.3, 0.4) is 0 Å². The SMILES string of the molecule is CC(=O)N[C@@H]1[C@@H](O[C@@H]2O[C@@H](C)[C@@H](O)[C@@H](O)[C@@H]2O)[C@H](O[C@@H]2O[C@H](CO)[C@@H](O[C@@H]3O[C@H](CO[C@H]4O[C@H](CO)[C@@H](O)[C@H](O)[C@@H]4O[C@@H]4O[C@H](CO)[C@@H](O)[C@H](O)[C@H]4NC(C)=O)[C@@H](O)[C@H](O[C@H]4O[C@H](CO)[C@@H](O)[C@H](O)[C@@H]4O[C@@H]4O[C@H](COP(=O)(O)OCC[N+](C)(C)C)[C@@H](O[C@@H]5O[C@H](CO)[C@H](O)[C@H](O)[C@H]5NC(C)=O)[C@H](O[C@@H]5O[C@@H](C)[C@@H](O)[C@@H](O)[C@@H]5O)[C@H]4NC(C)=O)[C@@H]3O)[C@H](O)[C@H]2NC(C)=O)[C@@H](CO[C@@H]2O[C@@H](C)[C@@H](O)[C@@H](O)[C@@H]2O)O[C@H]1O. The van der Waals surface area contributed by atoms with E-state index in [-0.39, 0.29) is 11.0 Å². The first-order valence-corrected chi connectivity index (χ1v) is 47.9. The van der Waals surface area contributed by atoms with Gasteiger partial charge in [0, 0.05) is 34.6 Å². The number of phosphoric acid groups is 1. The number of carbonyl (C=O) groups excluding carboxylic acids is 5. The van der Waals surface area contributed by atoms with E-state index >= 15 is 0 Å². The molecule has 0 aliphatic carbocycles. The number of rotatable bonds is 39. The molecule has 11 rings (SSSR count). The second-order valence-electron chi connectivity index (χ2n) is 37.9. The summed E-state index contributed by atoms with van der Waals surface area (Å²) in [6.45, 7) is -1.71. The molecule has 0 aromatic heterocycles. The molecule has 5 amide bonds. The van der Waals surface area contributed by atoms with Crippen LogP contribution in [0.25, 0.3) is 0 Å². The highest BCUT2D eigenvalue weighted by Crippen LogP contribution is 2.47. The Morgan fingerprint density at radius 2 is 0.569 bits per heavy atom. The molecular weight excluding hydrogens is 1980 g/mol. The van der Waals surface area contributed by atoms with Crippen LogP contribution in [0.5, 0.6) is 0 Å². The predicted molar refractivity (Wildman–Crippen MR) is 454 cm³/mol. The first-order chi connectivity index (χ1) is 67.6. The van der Waals surface area contributed by atoms with E-state index in [2.05, 4.69) is 26.6 Å². The topological polar surface area (TPSA) is 921 Å². The molecule has 32 N–H and O–H groups in total. The molecule has 11 aliphatic rings. The lowest BCUT2D eigenvalue weighted by Gasteiger charge is -2.52. The number of hydrogen-bond donors (Lipinski definition) is 32. The summed E-state index contributed by atoms with van der Waals surface area (Å²) in [6.07, 6.45) is -107. The van der Waals surface area contributed by atoms with Gasteiger partial charge in [0.25, 0.3) is 0 Å². The summed E-state index contributed by atoms with van der Waals surface area (Å²) in [7, 11) is -0.349. The van der Waals surface area contributed by atoms with E-state index in [4.69, 9.17) is 109 Å². The number of aliphatic hydroxyl groups excluding tert-OH is 26. The minimum Gasteiger partial charge on any atom is -0.394 e. The first-order valence-electron chi connectivity index (χ1n) is 46.4. The van der Waals surface area contributed by atoms with Crippen molar-refractivity contribution >= 4 is 37.4 Å². The summed E-state index contributed by atoms with van der Waals surface area (Å²) in [5.74, 6) is -4.95. The maximum absolute atomic E-state index is 14.1. The number of likely N-dealkylation sites (N-methyl/N-ethyl adjacent to an activating group) is 1. The first kappa shape index (κ1) is 120. The molecule has 11 heterocycles. The Balaban J connectivity index is 1.01. The fourth-order valence-electron chi connectivity index (χ4n) is 18.2. The molecule has 1 unspecified atom stereocenters. The standard InChI is InChI=1S/C81H139N6O56P/c1-22-43(98)54(109)59(114)76(125-22)121-20-36-64(66(41(71(118)128-36)85-28(7)96)139-77-60(115)55(110)44(99)23(2)126-77)137-74-40(84-27(6)95)53(108)63(34(18-92)133-74)136-79-62(117)68(50(105)35(134-79)19-122-80-69(57(112)48(103)32(16-90)131-80)142-73-39(83-26(5)94)52(107)47(102)31(15-89)130-73)141-81-70(58(113)49(104)33(17-91)132-81)143-75-42(86-29(8)97)67(140-78-61(116)56(111)45(100)24(3)127-78)65(37(135-75)21-124-144(119,120)123-13-12-87(9,10)11)138-72-38(82-25(4)93)51(106)46(101)30(14-88)129-72/h22-24,30-81,88-92,98-118H,12-21H2,1-11H3,(H5-,82,83,84,85,86,93,94,95,96,97,119,120)/p+1/t22-,23-,24-,30+,31+,32+,33+,34+,35+,36+,37+,38+,39+,40+,41+,42+,43+,44+,45+,46-,47+,48+,49+,50+,51+,52+,53+,54+,55+,56+,57-,58-,59-,60-,61-,62-,63+,64+,65+,66+,67+,68-,69-,70-,71+,72-,73-,74-,75-,76+,77-,78-,79-,80-,81+/m0/s1. The van der Waals surface area contributed by atoms with Gasteiger partial charge in [0.2, 0.25) is 29.5 Å². The van der Waals surface area contributed by atoms with Crippen LogP contribution < -0.4 is 26.6 Å². The normalized spacial score (nSPS) is 47.7. The van der Waals surface area contributed by atoms with Gasteiger partial charge in [-0.1, -0.05) is 0 Å². The van der Waals surface area contributed by atoms with Crippen molar-refractivity contribution in [1.29, 1.82) is 0 Å². The number of ether oxygens (including phenoxy) is 21. The number of aliphatic hydroxyl groups is 26. The van der Waals surface area contributed by atoms with Crippen molar-refractivity contribution in [3.63, 3.8) is 0 Å². The van der Waals surface area contributed by atoms with Gasteiger partial charge in [-0.05, 0) is 20.8 Å². The minimum absolute atomic E-state index is 0.0379. The lowest BCUT2D eigenvalue weighted by molar-refractivity contribution is -0.870. The number of nitrogens with one attached hydrogen (secondary N) is 5. The van der Waals surface area contributed by atoms with Crippen LogP contribution in [0.2, 0.25) is 0 Å². The highest BCUT2D eigenvalue weighted by Gasteiger charge is 2.64. The number of hydrogen-bond acceptors (Lipinski definition) is 55. The molecule has 0 bridgehead atoms. The third-order valence-corrected chi connectivity index (χ3v) is 27.1. The molecular formula is C81H140N6O56P+. The molecule has 62 nitrogen and oxygen atoms in total. The summed E-state index contributed by atoms with van der Waals surface area (Å²) in [4.78, 5) is 77.9. The third kappa shape index (κ3) is 28.2. The smallest absolute Gasteiger partial charge is 0.394 e. The van der Waals surface area contributed by atoms with Crippen molar-refractivity contribution in [2.45, 2.75) is 393 Å². The Kier molecular flexibility index (Phi) is 42.9. The number of carbonyl (C=O) groups is 5. The molecule has 56 atom stereocenters. The fourth-order valence-corrected chi connectivity index (χ4v) is 18.9. The van der Waals surface area contributed by atoms with Crippen molar-refractivity contribution < 1.29 is 279 Å². The molecule has 0 saturated carbocycles. The summed E-state index contributed by atoms with van der Waals surface area (Å²) < 4.78 is 155. The van der Waals surface area contributed by atoms with Crippen LogP contribution in [0.15, 0.2) is 0 Å². The second-order valence-corrected chi connectivity index (χ2v) is 39.4. The molecule has 0 spiro atoms. The van der Waals surface area contributed by atoms with Crippen molar-refractivity contribution in [1.82, 2.24) is 26.6 Å². The number of phosphoric ester groups is 1. The van der Waals surface area contributed by atoms with Crippen LogP contribution >= 0.6 is 7.82 Å². The minimum atomic E-state index is -5.40. The van der Waals surface area contributed by atoms with E-state index in [1.165, 1.54) is 20.8 Å². The number of nitrogens with zero attached hydrogens (tertiary/aromatic N) is 1. The van der Waals surface area contributed by atoms with E-state index in [0.29, 0.717) is 0 Å². The Morgan fingerprint density at radius 3 is 1.01 bits per heavy atom. The molecule has 144 heavy (non-hydrogen) atoms. The van der Waals surface area contributed by atoms with Crippen LogP contribution in [0, 0.1) is 0 Å². The third-order valence-electron chi connectivity index (χ3n) is 26.1. The fraction of sp³-hybridized carbons (Fsp3) is 0.938. The summed E-state index contributed by atoms with van der Waals surface area (Å²) in [5.41, 5.74) is 0. The molecule has 63 heteroatoms. The summed E-state index contributed by atoms with van der Waals surface area (Å²) >= 11 is 0. The van der Waals surface area contributed by atoms with Crippen LogP contribution in [0.4, 0.5) is 0 Å². The Hall–Kier alpha value is -4.46. The predicted octanol–water partition coefficient (Wildman–Crippen LogP) is -20.3. The Bertz CT molecular complexity index is 4110.